The van der Waals surface area contributed by atoms with E-state index in [1.807, 2.05) is 0 Å². The molecule has 0 amide bonds. The summed E-state index contributed by atoms with van der Waals surface area (Å²) < 4.78 is 4.72. The van der Waals surface area contributed by atoms with Crippen molar-refractivity contribution in [3.05, 3.63) is 0 Å². The number of rotatable bonds is 8. The van der Waals surface area contributed by atoms with E-state index in [1.54, 1.807) is 6.92 Å². The second-order valence-corrected chi connectivity index (χ2v) is 3.58. The second-order valence-electron chi connectivity index (χ2n) is 3.20. The van der Waals surface area contributed by atoms with Gasteiger partial charge in [-0.3, -0.25) is 4.79 Å². The van der Waals surface area contributed by atoms with Gasteiger partial charge in [-0.05, 0) is 19.8 Å². The number of halogens is 1. The van der Waals surface area contributed by atoms with Crippen LogP contribution in [0.15, 0.2) is 0 Å². The van der Waals surface area contributed by atoms with Crippen LogP contribution in [-0.2, 0) is 9.53 Å². The predicted octanol–water partition coefficient (Wildman–Crippen LogP) is 2.10. The minimum Gasteiger partial charge on any atom is -0.466 e. The zero-order chi connectivity index (χ0) is 10.8. The molecule has 0 aliphatic carbocycles. The van der Waals surface area contributed by atoms with Crippen LogP contribution in [0.2, 0.25) is 0 Å². The number of aliphatic hydroxyl groups is 1. The van der Waals surface area contributed by atoms with Crippen LogP contribution in [0.5, 0.6) is 0 Å². The normalized spacial score (nSPS) is 12.5. The Hall–Kier alpha value is -0.280. The van der Waals surface area contributed by atoms with E-state index >= 15 is 0 Å². The lowest BCUT2D eigenvalue weighted by atomic mass is 10.1. The van der Waals surface area contributed by atoms with E-state index in [1.165, 1.54) is 0 Å². The van der Waals surface area contributed by atoms with Crippen molar-refractivity contribution in [2.45, 2.75) is 45.1 Å². The summed E-state index contributed by atoms with van der Waals surface area (Å²) >= 11 is 5.51. The Morgan fingerprint density at radius 3 is 2.71 bits per heavy atom. The van der Waals surface area contributed by atoms with Crippen molar-refractivity contribution in [3.8, 4) is 0 Å². The summed E-state index contributed by atoms with van der Waals surface area (Å²) in [6.45, 7) is 2.13. The van der Waals surface area contributed by atoms with Crippen molar-refractivity contribution in [2.75, 3.05) is 12.5 Å². The van der Waals surface area contributed by atoms with Crippen LogP contribution in [0.1, 0.15) is 39.0 Å². The molecule has 0 aromatic carbocycles. The molecular formula is C10H19ClO3. The van der Waals surface area contributed by atoms with Crippen molar-refractivity contribution < 1.29 is 14.6 Å². The fourth-order valence-electron chi connectivity index (χ4n) is 1.17. The van der Waals surface area contributed by atoms with E-state index in [4.69, 9.17) is 16.3 Å². The van der Waals surface area contributed by atoms with Crippen molar-refractivity contribution in [3.63, 3.8) is 0 Å². The number of unbranched alkanes of at least 4 members (excludes halogenated alkanes) is 2. The third-order valence-electron chi connectivity index (χ3n) is 1.88. The molecule has 0 aliphatic heterocycles. The van der Waals surface area contributed by atoms with Crippen LogP contribution >= 0.6 is 11.6 Å². The van der Waals surface area contributed by atoms with Crippen molar-refractivity contribution in [1.82, 2.24) is 0 Å². The second kappa shape index (κ2) is 9.28. The third-order valence-corrected chi connectivity index (χ3v) is 2.15. The molecule has 0 aromatic heterocycles. The highest BCUT2D eigenvalue weighted by Gasteiger charge is 2.10. The van der Waals surface area contributed by atoms with Gasteiger partial charge in [0.25, 0.3) is 0 Å². The highest BCUT2D eigenvalue weighted by atomic mass is 35.5. The lowest BCUT2D eigenvalue weighted by Crippen LogP contribution is -2.15. The Morgan fingerprint density at radius 1 is 1.43 bits per heavy atom. The first-order chi connectivity index (χ1) is 6.70. The molecule has 4 heteroatoms. The largest absolute Gasteiger partial charge is 0.466 e. The van der Waals surface area contributed by atoms with Gasteiger partial charge in [-0.15, -0.1) is 11.6 Å². The van der Waals surface area contributed by atoms with Crippen LogP contribution in [0.25, 0.3) is 0 Å². The molecule has 0 heterocycles. The number of ether oxygens (including phenoxy) is 1. The van der Waals surface area contributed by atoms with E-state index in [0.717, 1.165) is 19.3 Å². The lowest BCUT2D eigenvalue weighted by Gasteiger charge is -2.08. The average Bonchev–Trinajstić information content (AvgIpc) is 2.13. The smallest absolute Gasteiger partial charge is 0.308 e. The fraction of sp³-hybridized carbons (Fsp3) is 0.900. The van der Waals surface area contributed by atoms with Gasteiger partial charge in [-0.2, -0.15) is 0 Å². The SMILES string of the molecule is CCOC(=O)C[C@@H](O)CCCCCCl. The zero-order valence-corrected chi connectivity index (χ0v) is 9.42. The number of aliphatic hydroxyl groups excluding tert-OH is 1. The molecular weight excluding hydrogens is 204 g/mol. The zero-order valence-electron chi connectivity index (χ0n) is 8.67. The summed E-state index contributed by atoms with van der Waals surface area (Å²) in [5.74, 6) is 0.339. The molecule has 0 unspecified atom stereocenters. The van der Waals surface area contributed by atoms with Gasteiger partial charge in [-0.25, -0.2) is 0 Å². The monoisotopic (exact) mass is 222 g/mol. The number of carbonyl (C=O) groups is 1. The molecule has 0 spiro atoms. The van der Waals surface area contributed by atoms with E-state index in [2.05, 4.69) is 0 Å². The Labute approximate surface area is 90.4 Å². The number of alkyl halides is 1. The highest BCUT2D eigenvalue weighted by molar-refractivity contribution is 6.17. The number of carbonyl (C=O) groups excluding carboxylic acids is 1. The summed E-state index contributed by atoms with van der Waals surface area (Å²) in [4.78, 5) is 10.9. The van der Waals surface area contributed by atoms with Crippen LogP contribution in [-0.4, -0.2) is 29.7 Å². The van der Waals surface area contributed by atoms with Gasteiger partial charge >= 0.3 is 5.97 Å². The number of hydrogen-bond donors (Lipinski definition) is 1. The Balaban J connectivity index is 3.35. The van der Waals surface area contributed by atoms with Crippen LogP contribution in [0, 0.1) is 0 Å². The van der Waals surface area contributed by atoms with Gasteiger partial charge in [0.15, 0.2) is 0 Å². The van der Waals surface area contributed by atoms with E-state index < -0.39 is 6.10 Å². The van der Waals surface area contributed by atoms with Gasteiger partial charge in [0, 0.05) is 5.88 Å². The minimum absolute atomic E-state index is 0.106. The van der Waals surface area contributed by atoms with Gasteiger partial charge < -0.3 is 9.84 Å². The van der Waals surface area contributed by atoms with Crippen LogP contribution < -0.4 is 0 Å². The first-order valence-corrected chi connectivity index (χ1v) is 5.63. The molecule has 14 heavy (non-hydrogen) atoms. The summed E-state index contributed by atoms with van der Waals surface area (Å²) in [7, 11) is 0. The molecule has 3 nitrogen and oxygen atoms in total. The summed E-state index contributed by atoms with van der Waals surface area (Å²) in [6.07, 6.45) is 3.07. The topological polar surface area (TPSA) is 46.5 Å². The molecule has 0 aromatic rings. The van der Waals surface area contributed by atoms with Gasteiger partial charge in [-0.1, -0.05) is 12.8 Å². The summed E-state index contributed by atoms with van der Waals surface area (Å²) in [5.41, 5.74) is 0. The quantitative estimate of drug-likeness (QED) is 0.389. The highest BCUT2D eigenvalue weighted by Crippen LogP contribution is 2.07. The molecule has 1 atom stereocenters. The van der Waals surface area contributed by atoms with E-state index in [0.29, 0.717) is 18.9 Å². The maximum absolute atomic E-state index is 10.9. The molecule has 84 valence electrons. The molecule has 0 radical (unpaired) electrons. The van der Waals surface area contributed by atoms with Gasteiger partial charge in [0.05, 0.1) is 19.1 Å². The molecule has 0 rings (SSSR count). The molecule has 1 N–H and O–H groups in total. The van der Waals surface area contributed by atoms with Crippen LogP contribution in [0.3, 0.4) is 0 Å². The van der Waals surface area contributed by atoms with Gasteiger partial charge in [0.2, 0.25) is 0 Å². The molecule has 0 fully saturated rings. The molecule has 0 saturated carbocycles. The van der Waals surface area contributed by atoms with Crippen LogP contribution in [0.4, 0.5) is 0 Å². The first kappa shape index (κ1) is 13.7. The molecule has 0 bridgehead atoms. The maximum Gasteiger partial charge on any atom is 0.308 e. The Kier molecular flexibility index (Phi) is 9.10. The predicted molar refractivity (Wildman–Crippen MR) is 56.4 cm³/mol. The van der Waals surface area contributed by atoms with E-state index in [9.17, 15) is 9.90 Å². The molecule has 0 saturated heterocycles. The number of hydrogen-bond acceptors (Lipinski definition) is 3. The third kappa shape index (κ3) is 8.32. The first-order valence-electron chi connectivity index (χ1n) is 5.10. The maximum atomic E-state index is 10.9. The van der Waals surface area contributed by atoms with E-state index in [-0.39, 0.29) is 12.4 Å². The minimum atomic E-state index is -0.565. The lowest BCUT2D eigenvalue weighted by molar-refractivity contribution is -0.145. The summed E-state index contributed by atoms with van der Waals surface area (Å²) in [6, 6.07) is 0. The Morgan fingerprint density at radius 2 is 2.14 bits per heavy atom. The van der Waals surface area contributed by atoms with Crippen molar-refractivity contribution in [2.24, 2.45) is 0 Å². The van der Waals surface area contributed by atoms with Gasteiger partial charge in [0.1, 0.15) is 0 Å². The van der Waals surface area contributed by atoms with Crippen molar-refractivity contribution in [1.29, 1.82) is 0 Å². The molecule has 0 aliphatic rings. The summed E-state index contributed by atoms with van der Waals surface area (Å²) in [5, 5.41) is 9.41. The average molecular weight is 223 g/mol. The van der Waals surface area contributed by atoms with Crippen molar-refractivity contribution >= 4 is 17.6 Å². The number of esters is 1. The standard InChI is InChI=1S/C10H19ClO3/c1-2-14-10(13)8-9(12)6-4-3-5-7-11/h9,12H,2-8H2,1H3/t9-/m0/s1. The Bertz CT molecular complexity index is 150. The fourth-order valence-corrected chi connectivity index (χ4v) is 1.35.